The third kappa shape index (κ3) is 6.93. The van der Waals surface area contributed by atoms with E-state index >= 15 is 0 Å². The molecule has 0 aliphatic heterocycles. The van der Waals surface area contributed by atoms with E-state index in [0.717, 1.165) is 60.0 Å². The van der Waals surface area contributed by atoms with Crippen LogP contribution in [0.1, 0.15) is 63.1 Å². The number of aromatic nitrogens is 1. The van der Waals surface area contributed by atoms with Gasteiger partial charge in [-0.1, -0.05) is 38.1 Å². The summed E-state index contributed by atoms with van der Waals surface area (Å²) in [5.74, 6) is 1.69. The molecule has 0 aliphatic carbocycles. The van der Waals surface area contributed by atoms with Gasteiger partial charge >= 0.3 is 0 Å². The Hall–Kier alpha value is -2.83. The Morgan fingerprint density at radius 1 is 1.14 bits per heavy atom. The molecule has 0 saturated carbocycles. The first-order valence-corrected chi connectivity index (χ1v) is 10.5. The topological polar surface area (TPSA) is 91.5 Å². The van der Waals surface area contributed by atoms with E-state index in [1.165, 1.54) is 0 Å². The lowest BCUT2D eigenvalue weighted by molar-refractivity contribution is -0.116. The first-order chi connectivity index (χ1) is 14.1. The molecule has 2 rings (SSSR count). The fourth-order valence-electron chi connectivity index (χ4n) is 3.02. The average molecular weight is 400 g/mol. The van der Waals surface area contributed by atoms with Gasteiger partial charge in [0.2, 0.25) is 5.91 Å². The Morgan fingerprint density at radius 3 is 2.66 bits per heavy atom. The molecule has 0 saturated heterocycles. The van der Waals surface area contributed by atoms with Crippen LogP contribution in [0.25, 0.3) is 0 Å². The number of rotatable bonds is 10. The monoisotopic (exact) mass is 399 g/mol. The van der Waals surface area contributed by atoms with E-state index in [2.05, 4.69) is 39.9 Å². The van der Waals surface area contributed by atoms with Crippen LogP contribution in [0.4, 0.5) is 5.69 Å². The maximum absolute atomic E-state index is 11.8. The number of nitrogens with zero attached hydrogens (tertiary/aromatic N) is 2. The number of aryl methyl sites for hydroxylation is 2. The summed E-state index contributed by atoms with van der Waals surface area (Å²) in [6.45, 7) is 10.1. The lowest BCUT2D eigenvalue weighted by Crippen LogP contribution is -2.37. The molecule has 1 amide bonds. The number of carbonyl (C=O) groups is 1. The van der Waals surface area contributed by atoms with Crippen molar-refractivity contribution in [3.05, 3.63) is 46.8 Å². The summed E-state index contributed by atoms with van der Waals surface area (Å²) in [6, 6.07) is 7.80. The number of anilines is 1. The summed E-state index contributed by atoms with van der Waals surface area (Å²) in [6.07, 6.45) is 3.01. The van der Waals surface area contributed by atoms with Gasteiger partial charge in [0.05, 0.1) is 12.2 Å². The number of hydrogen-bond acceptors (Lipinski definition) is 4. The predicted molar refractivity (Wildman–Crippen MR) is 117 cm³/mol. The first-order valence-electron chi connectivity index (χ1n) is 10.5. The van der Waals surface area contributed by atoms with Gasteiger partial charge in [0.25, 0.3) is 0 Å². The van der Waals surface area contributed by atoms with Crippen molar-refractivity contribution >= 4 is 17.6 Å². The van der Waals surface area contributed by atoms with Gasteiger partial charge in [-0.2, -0.15) is 0 Å². The quantitative estimate of drug-likeness (QED) is 0.418. The molecule has 1 aromatic heterocycles. The molecular weight excluding hydrogens is 366 g/mol. The van der Waals surface area contributed by atoms with E-state index in [4.69, 9.17) is 4.52 Å². The molecule has 7 nitrogen and oxygen atoms in total. The minimum Gasteiger partial charge on any atom is -0.361 e. The Balaban J connectivity index is 2.04. The summed E-state index contributed by atoms with van der Waals surface area (Å²) in [5, 5.41) is 13.7. The zero-order chi connectivity index (χ0) is 21.1. The van der Waals surface area contributed by atoms with Crippen LogP contribution in [-0.4, -0.2) is 23.6 Å². The first kappa shape index (κ1) is 22.5. The number of amides is 1. The predicted octanol–water partition coefficient (Wildman–Crippen LogP) is 3.79. The van der Waals surface area contributed by atoms with Gasteiger partial charge in [-0.15, -0.1) is 0 Å². The highest BCUT2D eigenvalue weighted by Crippen LogP contribution is 2.16. The highest BCUT2D eigenvalue weighted by molar-refractivity contribution is 5.90. The molecule has 0 aliphatic rings. The minimum absolute atomic E-state index is 0.0373. The molecule has 29 heavy (non-hydrogen) atoms. The smallest absolute Gasteiger partial charge is 0.224 e. The maximum Gasteiger partial charge on any atom is 0.224 e. The number of carbonyl (C=O) groups excluding carboxylic acids is 1. The van der Waals surface area contributed by atoms with Crippen molar-refractivity contribution in [3.8, 4) is 0 Å². The molecule has 0 unspecified atom stereocenters. The number of hydrogen-bond donors (Lipinski definition) is 3. The summed E-state index contributed by atoms with van der Waals surface area (Å²) in [7, 11) is 0. The standard InChI is InChI=1S/C22H33N5O2/c1-5-10-21(28)26-17-12-9-11-16(13-17)14-24-22(23-8-4)25-15-18-19(6-2)27-29-20(18)7-3/h9,11-13H,5-8,10,14-15H2,1-4H3,(H,26,28)(H2,23,24,25). The summed E-state index contributed by atoms with van der Waals surface area (Å²) < 4.78 is 5.43. The molecular formula is C22H33N5O2. The van der Waals surface area contributed by atoms with Crippen molar-refractivity contribution in [1.82, 2.24) is 15.8 Å². The van der Waals surface area contributed by atoms with Crippen LogP contribution in [0.15, 0.2) is 33.8 Å². The van der Waals surface area contributed by atoms with Gasteiger partial charge in [-0.25, -0.2) is 4.99 Å². The second-order valence-corrected chi connectivity index (χ2v) is 6.79. The lowest BCUT2D eigenvalue weighted by Gasteiger charge is -2.12. The zero-order valence-corrected chi connectivity index (χ0v) is 18.0. The number of nitrogens with one attached hydrogen (secondary N) is 3. The Labute approximate surface area is 173 Å². The molecule has 0 radical (unpaired) electrons. The number of guanidine groups is 1. The number of aliphatic imine (C=N–C) groups is 1. The SMILES string of the molecule is CCCC(=O)Nc1cccc(CN=C(NCC)NCc2c(CC)noc2CC)c1. The van der Waals surface area contributed by atoms with Crippen LogP contribution in [0, 0.1) is 0 Å². The fourth-order valence-corrected chi connectivity index (χ4v) is 3.02. The van der Waals surface area contributed by atoms with Crippen molar-refractivity contribution < 1.29 is 9.32 Å². The fraction of sp³-hybridized carbons (Fsp3) is 0.500. The lowest BCUT2D eigenvalue weighted by atomic mass is 10.1. The molecule has 1 heterocycles. The van der Waals surface area contributed by atoms with Gasteiger partial charge in [0.15, 0.2) is 5.96 Å². The van der Waals surface area contributed by atoms with E-state index < -0.39 is 0 Å². The molecule has 0 bridgehead atoms. The number of benzene rings is 1. The van der Waals surface area contributed by atoms with E-state index in [9.17, 15) is 4.79 Å². The Kier molecular flexibility index (Phi) is 9.21. The van der Waals surface area contributed by atoms with E-state index in [1.54, 1.807) is 0 Å². The highest BCUT2D eigenvalue weighted by atomic mass is 16.5. The zero-order valence-electron chi connectivity index (χ0n) is 18.0. The van der Waals surface area contributed by atoms with Crippen LogP contribution in [0.3, 0.4) is 0 Å². The molecule has 2 aromatic rings. The summed E-state index contributed by atoms with van der Waals surface area (Å²) in [5.41, 5.74) is 3.94. The van der Waals surface area contributed by atoms with Crippen molar-refractivity contribution in [2.24, 2.45) is 4.99 Å². The van der Waals surface area contributed by atoms with Gasteiger partial charge in [0, 0.05) is 37.2 Å². The van der Waals surface area contributed by atoms with Crippen molar-refractivity contribution in [2.45, 2.75) is 66.5 Å². The molecule has 7 heteroatoms. The van der Waals surface area contributed by atoms with Gasteiger partial charge < -0.3 is 20.5 Å². The van der Waals surface area contributed by atoms with Crippen LogP contribution in [-0.2, 0) is 30.7 Å². The Bertz CT molecular complexity index is 792. The minimum atomic E-state index is 0.0373. The van der Waals surface area contributed by atoms with Crippen LogP contribution >= 0.6 is 0 Å². The summed E-state index contributed by atoms with van der Waals surface area (Å²) in [4.78, 5) is 16.5. The van der Waals surface area contributed by atoms with Crippen molar-refractivity contribution in [1.29, 1.82) is 0 Å². The molecule has 1 aromatic carbocycles. The van der Waals surface area contributed by atoms with Crippen LogP contribution in [0.5, 0.6) is 0 Å². The summed E-state index contributed by atoms with van der Waals surface area (Å²) >= 11 is 0. The van der Waals surface area contributed by atoms with E-state index in [-0.39, 0.29) is 5.91 Å². The molecule has 3 N–H and O–H groups in total. The largest absolute Gasteiger partial charge is 0.361 e. The van der Waals surface area contributed by atoms with E-state index in [0.29, 0.717) is 19.5 Å². The molecule has 0 fully saturated rings. The van der Waals surface area contributed by atoms with Crippen LogP contribution in [0.2, 0.25) is 0 Å². The van der Waals surface area contributed by atoms with E-state index in [1.807, 2.05) is 38.1 Å². The van der Waals surface area contributed by atoms with Gasteiger partial charge in [0.1, 0.15) is 5.76 Å². The highest BCUT2D eigenvalue weighted by Gasteiger charge is 2.13. The van der Waals surface area contributed by atoms with Crippen molar-refractivity contribution in [2.75, 3.05) is 11.9 Å². The average Bonchev–Trinajstić information content (AvgIpc) is 3.12. The third-order valence-electron chi connectivity index (χ3n) is 4.49. The second kappa shape index (κ2) is 11.9. The van der Waals surface area contributed by atoms with Gasteiger partial charge in [-0.05, 0) is 37.5 Å². The van der Waals surface area contributed by atoms with Crippen LogP contribution < -0.4 is 16.0 Å². The molecule has 158 valence electrons. The second-order valence-electron chi connectivity index (χ2n) is 6.79. The molecule has 0 spiro atoms. The van der Waals surface area contributed by atoms with Gasteiger partial charge in [-0.3, -0.25) is 4.79 Å². The van der Waals surface area contributed by atoms with Crippen molar-refractivity contribution in [3.63, 3.8) is 0 Å². The molecule has 0 atom stereocenters. The normalized spacial score (nSPS) is 11.4. The Morgan fingerprint density at radius 2 is 1.97 bits per heavy atom. The maximum atomic E-state index is 11.8. The third-order valence-corrected chi connectivity index (χ3v) is 4.49.